The highest BCUT2D eigenvalue weighted by Gasteiger charge is 2.29. The van der Waals surface area contributed by atoms with Crippen LogP contribution in [0.4, 0.5) is 0 Å². The van der Waals surface area contributed by atoms with Gasteiger partial charge in [0.2, 0.25) is 0 Å². The molecule has 4 atom stereocenters. The highest BCUT2D eigenvalue weighted by molar-refractivity contribution is 4.80. The van der Waals surface area contributed by atoms with Gasteiger partial charge in [-0.1, -0.05) is 26.2 Å². The fourth-order valence-electron chi connectivity index (χ4n) is 1.34. The lowest BCUT2D eigenvalue weighted by molar-refractivity contribution is -0.116. The first kappa shape index (κ1) is 14.8. The van der Waals surface area contributed by atoms with Crippen LogP contribution >= 0.6 is 0 Å². The number of rotatable bonds is 8. The maximum atomic E-state index is 9.46. The molecule has 0 fully saturated rings. The molecule has 0 saturated carbocycles. The minimum Gasteiger partial charge on any atom is -0.394 e. The number of aliphatic hydroxyl groups excluding tert-OH is 5. The Bertz CT molecular complexity index is 153. The van der Waals surface area contributed by atoms with E-state index in [2.05, 4.69) is 0 Å². The fourth-order valence-corrected chi connectivity index (χ4v) is 1.34. The molecule has 0 rings (SSSR count). The Morgan fingerprint density at radius 2 is 1.40 bits per heavy atom. The van der Waals surface area contributed by atoms with Gasteiger partial charge in [0.1, 0.15) is 18.3 Å². The molecule has 0 radical (unpaired) electrons. The highest BCUT2D eigenvalue weighted by Crippen LogP contribution is 2.11. The Hall–Kier alpha value is -0.200. The van der Waals surface area contributed by atoms with Gasteiger partial charge in [0.05, 0.1) is 12.7 Å². The van der Waals surface area contributed by atoms with Crippen LogP contribution in [0.2, 0.25) is 0 Å². The zero-order valence-electron chi connectivity index (χ0n) is 9.08. The molecule has 0 amide bonds. The molecular weight excluding hydrogens is 200 g/mol. The Morgan fingerprint density at radius 3 is 1.87 bits per heavy atom. The average Bonchev–Trinajstić information content (AvgIpc) is 2.26. The van der Waals surface area contributed by atoms with Crippen LogP contribution in [0.15, 0.2) is 0 Å². The molecule has 5 nitrogen and oxygen atoms in total. The molecule has 0 saturated heterocycles. The van der Waals surface area contributed by atoms with E-state index in [4.69, 9.17) is 10.2 Å². The lowest BCUT2D eigenvalue weighted by Crippen LogP contribution is -2.45. The van der Waals surface area contributed by atoms with Crippen LogP contribution in [0.25, 0.3) is 0 Å². The average molecular weight is 222 g/mol. The molecule has 0 unspecified atom stereocenters. The molecule has 0 aromatic carbocycles. The van der Waals surface area contributed by atoms with Gasteiger partial charge in [-0.3, -0.25) is 0 Å². The maximum absolute atomic E-state index is 9.46. The molecule has 0 aromatic rings. The molecule has 0 bridgehead atoms. The van der Waals surface area contributed by atoms with Crippen molar-refractivity contribution in [3.63, 3.8) is 0 Å². The van der Waals surface area contributed by atoms with Gasteiger partial charge < -0.3 is 25.5 Å². The normalized spacial score (nSPS) is 19.6. The van der Waals surface area contributed by atoms with Gasteiger partial charge in [0.15, 0.2) is 0 Å². The summed E-state index contributed by atoms with van der Waals surface area (Å²) >= 11 is 0. The maximum Gasteiger partial charge on any atom is 0.110 e. The van der Waals surface area contributed by atoms with Gasteiger partial charge in [0.25, 0.3) is 0 Å². The van der Waals surface area contributed by atoms with Crippen molar-refractivity contribution >= 4 is 0 Å². The Kier molecular flexibility index (Phi) is 7.90. The Balaban J connectivity index is 3.90. The largest absolute Gasteiger partial charge is 0.394 e. The molecule has 0 spiro atoms. The molecule has 0 aliphatic carbocycles. The van der Waals surface area contributed by atoms with Gasteiger partial charge in [-0.2, -0.15) is 0 Å². The van der Waals surface area contributed by atoms with Crippen LogP contribution < -0.4 is 0 Å². The second-order valence-electron chi connectivity index (χ2n) is 3.79. The summed E-state index contributed by atoms with van der Waals surface area (Å²) in [5.74, 6) is 0. The molecule has 5 N–H and O–H groups in total. The molecule has 15 heavy (non-hydrogen) atoms. The lowest BCUT2D eigenvalue weighted by atomic mass is 9.99. The van der Waals surface area contributed by atoms with E-state index in [0.717, 1.165) is 19.3 Å². The van der Waals surface area contributed by atoms with Crippen LogP contribution in [0.5, 0.6) is 0 Å². The molecule has 92 valence electrons. The highest BCUT2D eigenvalue weighted by atomic mass is 16.4. The van der Waals surface area contributed by atoms with Crippen LogP contribution in [0, 0.1) is 0 Å². The van der Waals surface area contributed by atoms with Gasteiger partial charge in [-0.05, 0) is 6.42 Å². The van der Waals surface area contributed by atoms with E-state index >= 15 is 0 Å². The van der Waals surface area contributed by atoms with Gasteiger partial charge in [-0.25, -0.2) is 0 Å². The van der Waals surface area contributed by atoms with E-state index in [1.807, 2.05) is 6.92 Å². The summed E-state index contributed by atoms with van der Waals surface area (Å²) in [4.78, 5) is 0. The second-order valence-corrected chi connectivity index (χ2v) is 3.79. The first-order valence-corrected chi connectivity index (χ1v) is 5.37. The molecular formula is C10H22O5. The zero-order valence-corrected chi connectivity index (χ0v) is 9.08. The topological polar surface area (TPSA) is 101 Å². The van der Waals surface area contributed by atoms with E-state index in [9.17, 15) is 15.3 Å². The molecule has 0 heterocycles. The van der Waals surface area contributed by atoms with E-state index < -0.39 is 31.0 Å². The van der Waals surface area contributed by atoms with Crippen LogP contribution in [0.1, 0.15) is 32.6 Å². The van der Waals surface area contributed by atoms with E-state index in [1.54, 1.807) is 0 Å². The standard InChI is InChI=1S/C10H22O5/c1-2-3-4-5-7(12)9(14)10(15)8(13)6-11/h7-15H,2-6H2,1H3/t7-,8+,9+,10+/m0/s1. The number of aliphatic hydroxyl groups is 5. The molecule has 5 heteroatoms. The van der Waals surface area contributed by atoms with Crippen molar-refractivity contribution in [1.82, 2.24) is 0 Å². The SMILES string of the molecule is CCCCC[C@H](O)[C@@H](O)[C@H](O)[C@H](O)CO. The lowest BCUT2D eigenvalue weighted by Gasteiger charge is -2.25. The molecule has 0 aliphatic rings. The first-order valence-electron chi connectivity index (χ1n) is 5.37. The second kappa shape index (κ2) is 8.01. The van der Waals surface area contributed by atoms with Gasteiger partial charge in [0, 0.05) is 0 Å². The van der Waals surface area contributed by atoms with Crippen LogP contribution in [0.3, 0.4) is 0 Å². The summed E-state index contributed by atoms with van der Waals surface area (Å²) in [6, 6.07) is 0. The summed E-state index contributed by atoms with van der Waals surface area (Å²) in [6.07, 6.45) is -2.31. The summed E-state index contributed by atoms with van der Waals surface area (Å²) in [5.41, 5.74) is 0. The van der Waals surface area contributed by atoms with Crippen molar-refractivity contribution in [1.29, 1.82) is 0 Å². The number of hydrogen-bond donors (Lipinski definition) is 5. The predicted molar refractivity (Wildman–Crippen MR) is 55.3 cm³/mol. The first-order chi connectivity index (χ1) is 7.04. The summed E-state index contributed by atoms with van der Waals surface area (Å²) in [7, 11) is 0. The van der Waals surface area contributed by atoms with Crippen molar-refractivity contribution < 1.29 is 25.5 Å². The van der Waals surface area contributed by atoms with Gasteiger partial charge in [-0.15, -0.1) is 0 Å². The van der Waals surface area contributed by atoms with Crippen LogP contribution in [-0.2, 0) is 0 Å². The van der Waals surface area contributed by atoms with Crippen molar-refractivity contribution in [2.75, 3.05) is 6.61 Å². The number of hydrogen-bond acceptors (Lipinski definition) is 5. The minimum atomic E-state index is -1.51. The number of unbranched alkanes of at least 4 members (excludes halogenated alkanes) is 2. The third-order valence-electron chi connectivity index (χ3n) is 2.43. The van der Waals surface area contributed by atoms with E-state index in [1.165, 1.54) is 0 Å². The van der Waals surface area contributed by atoms with E-state index in [-0.39, 0.29) is 0 Å². The van der Waals surface area contributed by atoms with Crippen molar-refractivity contribution in [3.05, 3.63) is 0 Å². The summed E-state index contributed by atoms with van der Waals surface area (Å²) in [5, 5.41) is 45.8. The fraction of sp³-hybridized carbons (Fsp3) is 1.00. The Morgan fingerprint density at radius 1 is 0.867 bits per heavy atom. The Labute approximate surface area is 90.0 Å². The van der Waals surface area contributed by atoms with Crippen molar-refractivity contribution in [2.24, 2.45) is 0 Å². The smallest absolute Gasteiger partial charge is 0.110 e. The quantitative estimate of drug-likeness (QED) is 0.339. The van der Waals surface area contributed by atoms with Crippen molar-refractivity contribution in [2.45, 2.75) is 57.0 Å². The predicted octanol–water partition coefficient (Wildman–Crippen LogP) is -0.997. The molecule has 0 aromatic heterocycles. The summed E-state index contributed by atoms with van der Waals surface area (Å²) in [6.45, 7) is 1.38. The summed E-state index contributed by atoms with van der Waals surface area (Å²) < 4.78 is 0. The third-order valence-corrected chi connectivity index (χ3v) is 2.43. The van der Waals surface area contributed by atoms with Crippen molar-refractivity contribution in [3.8, 4) is 0 Å². The zero-order chi connectivity index (χ0) is 11.8. The van der Waals surface area contributed by atoms with Gasteiger partial charge >= 0.3 is 0 Å². The van der Waals surface area contributed by atoms with Crippen LogP contribution in [-0.4, -0.2) is 56.6 Å². The minimum absolute atomic E-state index is 0.379. The third kappa shape index (κ3) is 5.44. The monoisotopic (exact) mass is 222 g/mol. The van der Waals surface area contributed by atoms with E-state index in [0.29, 0.717) is 6.42 Å². The molecule has 0 aliphatic heterocycles.